The summed E-state index contributed by atoms with van der Waals surface area (Å²) in [5, 5.41) is 22.3. The lowest BCUT2D eigenvalue weighted by atomic mass is 9.79. The summed E-state index contributed by atoms with van der Waals surface area (Å²) in [4.78, 5) is 47.7. The molecule has 11 heteroatoms. The second kappa shape index (κ2) is 9.92. The van der Waals surface area contributed by atoms with Crippen molar-refractivity contribution in [3.8, 4) is 0 Å². The van der Waals surface area contributed by atoms with E-state index in [9.17, 15) is 38.6 Å². The fraction of sp³-hybridized carbons (Fsp3) is 0.250. The molecule has 0 saturated carbocycles. The lowest BCUT2D eigenvalue weighted by molar-refractivity contribution is -0.431. The summed E-state index contributed by atoms with van der Waals surface area (Å²) in [7, 11) is 0. The van der Waals surface area contributed by atoms with E-state index < -0.39 is 50.0 Å². The van der Waals surface area contributed by atoms with Crippen LogP contribution in [0.3, 0.4) is 0 Å². The number of benzene rings is 1. The van der Waals surface area contributed by atoms with Gasteiger partial charge in [-0.3, -0.25) is 29.8 Å². The molecule has 9 nitrogen and oxygen atoms in total. The number of carbonyl (C=O) groups is 2. The highest BCUT2D eigenvalue weighted by Crippen LogP contribution is 2.38. The normalized spacial score (nSPS) is 22.9. The highest BCUT2D eigenvalue weighted by Gasteiger charge is 2.35. The number of halogens is 2. The molecule has 1 heterocycles. The van der Waals surface area contributed by atoms with Crippen molar-refractivity contribution in [1.82, 2.24) is 4.90 Å². The Balaban J connectivity index is 2.06. The molecule has 0 radical (unpaired) electrons. The highest BCUT2D eigenvalue weighted by molar-refractivity contribution is 6.12. The number of amides is 1. The number of hydrogen-bond donors (Lipinski definition) is 0. The van der Waals surface area contributed by atoms with Crippen LogP contribution >= 0.6 is 0 Å². The molecule has 0 spiro atoms. The SMILES string of the molecule is C=CC(=O)N1CC/C(=C\C2(C)C=CC(F)=C([N+](=O)[O-])C2)C(=O)/C(=C/c2ccc(F)c([N+](=O)[O-])c2)C1. The number of nitro groups is 2. The Morgan fingerprint density at radius 2 is 1.91 bits per heavy atom. The van der Waals surface area contributed by atoms with Gasteiger partial charge in [-0.2, -0.15) is 8.78 Å². The fourth-order valence-corrected chi connectivity index (χ4v) is 3.97. The van der Waals surface area contributed by atoms with E-state index in [1.165, 1.54) is 29.2 Å². The van der Waals surface area contributed by atoms with Crippen molar-refractivity contribution < 1.29 is 28.2 Å². The topological polar surface area (TPSA) is 124 Å². The molecule has 3 rings (SSSR count). The third-order valence-corrected chi connectivity index (χ3v) is 5.75. The molecule has 1 unspecified atom stereocenters. The van der Waals surface area contributed by atoms with Gasteiger partial charge in [-0.25, -0.2) is 0 Å². The summed E-state index contributed by atoms with van der Waals surface area (Å²) >= 11 is 0. The third-order valence-electron chi connectivity index (χ3n) is 5.75. The molecule has 2 aliphatic rings. The smallest absolute Gasteiger partial charge is 0.305 e. The van der Waals surface area contributed by atoms with Crippen LogP contribution in [0.25, 0.3) is 6.08 Å². The quantitative estimate of drug-likeness (QED) is 0.345. The minimum absolute atomic E-state index is 0.101. The highest BCUT2D eigenvalue weighted by atomic mass is 19.1. The van der Waals surface area contributed by atoms with Gasteiger partial charge in [0, 0.05) is 30.1 Å². The Kier molecular flexibility index (Phi) is 7.18. The van der Waals surface area contributed by atoms with Crippen LogP contribution in [0.5, 0.6) is 0 Å². The van der Waals surface area contributed by atoms with Gasteiger partial charge in [0.1, 0.15) is 0 Å². The molecule has 1 fully saturated rings. The number of likely N-dealkylation sites (tertiary alicyclic amines) is 1. The second-order valence-electron chi connectivity index (χ2n) is 8.42. The first-order valence-electron chi connectivity index (χ1n) is 10.5. The summed E-state index contributed by atoms with van der Waals surface area (Å²) in [6, 6.07) is 3.15. The zero-order valence-corrected chi connectivity index (χ0v) is 18.7. The first-order chi connectivity index (χ1) is 16.4. The van der Waals surface area contributed by atoms with Crippen molar-refractivity contribution >= 4 is 23.5 Å². The third kappa shape index (κ3) is 5.62. The molecule has 1 aliphatic carbocycles. The Labute approximate surface area is 198 Å². The molecular formula is C24H21F2N3O6. The molecule has 1 amide bonds. The number of Topliss-reactive ketones (excluding diaryl/α,β-unsaturated/α-hetero) is 1. The Morgan fingerprint density at radius 3 is 2.54 bits per heavy atom. The van der Waals surface area contributed by atoms with Crippen molar-refractivity contribution in [1.29, 1.82) is 0 Å². The van der Waals surface area contributed by atoms with Crippen molar-refractivity contribution in [3.63, 3.8) is 0 Å². The molecule has 35 heavy (non-hydrogen) atoms. The predicted octanol–water partition coefficient (Wildman–Crippen LogP) is 4.46. The van der Waals surface area contributed by atoms with Crippen LogP contribution in [0.4, 0.5) is 14.5 Å². The van der Waals surface area contributed by atoms with Crippen molar-refractivity contribution in [2.75, 3.05) is 13.1 Å². The van der Waals surface area contributed by atoms with E-state index in [1.807, 2.05) is 0 Å². The number of ketones is 1. The molecule has 0 bridgehead atoms. The zero-order chi connectivity index (χ0) is 25.9. The molecule has 182 valence electrons. The molecule has 0 aromatic heterocycles. The van der Waals surface area contributed by atoms with E-state index in [4.69, 9.17) is 0 Å². The van der Waals surface area contributed by atoms with Gasteiger partial charge in [-0.1, -0.05) is 31.7 Å². The van der Waals surface area contributed by atoms with E-state index in [1.54, 1.807) is 6.92 Å². The van der Waals surface area contributed by atoms with Gasteiger partial charge >= 0.3 is 5.69 Å². The largest absolute Gasteiger partial charge is 0.334 e. The summed E-state index contributed by atoms with van der Waals surface area (Å²) in [6.07, 6.45) is 6.19. The van der Waals surface area contributed by atoms with Crippen LogP contribution in [0, 0.1) is 31.5 Å². The average Bonchev–Trinajstić information content (AvgIpc) is 2.95. The number of nitrogens with zero attached hydrogens (tertiary/aromatic N) is 3. The van der Waals surface area contributed by atoms with E-state index in [0.29, 0.717) is 0 Å². The van der Waals surface area contributed by atoms with E-state index >= 15 is 0 Å². The van der Waals surface area contributed by atoms with Crippen LogP contribution in [-0.2, 0) is 9.59 Å². The molecule has 1 aliphatic heterocycles. The molecule has 1 saturated heterocycles. The number of carbonyl (C=O) groups excluding carboxylic acids is 2. The first kappa shape index (κ1) is 25.3. The van der Waals surface area contributed by atoms with E-state index in [2.05, 4.69) is 6.58 Å². The fourth-order valence-electron chi connectivity index (χ4n) is 3.97. The number of hydrogen-bond acceptors (Lipinski definition) is 6. The maximum Gasteiger partial charge on any atom is 0.305 e. The Bertz CT molecular complexity index is 1260. The monoisotopic (exact) mass is 485 g/mol. The van der Waals surface area contributed by atoms with E-state index in [0.717, 1.165) is 24.3 Å². The van der Waals surface area contributed by atoms with Crippen LogP contribution in [0.2, 0.25) is 0 Å². The molecule has 1 atom stereocenters. The average molecular weight is 485 g/mol. The van der Waals surface area contributed by atoms with Gasteiger partial charge in [-0.05, 0) is 41.9 Å². The Morgan fingerprint density at radius 1 is 1.20 bits per heavy atom. The van der Waals surface area contributed by atoms with Crippen molar-refractivity contribution in [2.24, 2.45) is 5.41 Å². The maximum absolute atomic E-state index is 13.9. The maximum atomic E-state index is 13.9. The van der Waals surface area contributed by atoms with Crippen LogP contribution in [0.15, 0.2) is 71.8 Å². The van der Waals surface area contributed by atoms with Gasteiger partial charge in [0.2, 0.25) is 11.7 Å². The standard InChI is InChI=1S/C24H21F2N3O6/c1-3-22(30)27-9-7-16(12-24(2)8-6-19(26)21(13-24)29(34)35)23(31)17(14-27)10-15-4-5-18(25)20(11-15)28(32)33/h3-6,8,10-12H,1,7,9,13-14H2,2H3/b16-12+,17-10+. The molecule has 0 N–H and O–H groups in total. The van der Waals surface area contributed by atoms with Crippen LogP contribution < -0.4 is 0 Å². The van der Waals surface area contributed by atoms with E-state index in [-0.39, 0.29) is 42.6 Å². The molecule has 1 aromatic rings. The lowest BCUT2D eigenvalue weighted by Gasteiger charge is -2.24. The predicted molar refractivity (Wildman–Crippen MR) is 123 cm³/mol. The zero-order valence-electron chi connectivity index (χ0n) is 18.7. The van der Waals surface area contributed by atoms with Crippen LogP contribution in [0.1, 0.15) is 25.3 Å². The summed E-state index contributed by atoms with van der Waals surface area (Å²) in [5.41, 5.74) is -1.89. The second-order valence-corrected chi connectivity index (χ2v) is 8.42. The summed E-state index contributed by atoms with van der Waals surface area (Å²) in [5.74, 6) is -2.92. The van der Waals surface area contributed by atoms with Gasteiger partial charge in [0.25, 0.3) is 5.70 Å². The molecular weight excluding hydrogens is 464 g/mol. The first-order valence-corrected chi connectivity index (χ1v) is 10.5. The summed E-state index contributed by atoms with van der Waals surface area (Å²) < 4.78 is 27.6. The van der Waals surface area contributed by atoms with Gasteiger partial charge in [0.05, 0.1) is 16.3 Å². The van der Waals surface area contributed by atoms with Crippen LogP contribution in [-0.4, -0.2) is 39.5 Å². The lowest BCUT2D eigenvalue weighted by Crippen LogP contribution is -2.31. The van der Waals surface area contributed by atoms with Gasteiger partial charge in [0.15, 0.2) is 11.6 Å². The minimum atomic E-state index is -1.04. The summed E-state index contributed by atoms with van der Waals surface area (Å²) in [6.45, 7) is 5.07. The Hall–Kier alpha value is -4.28. The number of rotatable bonds is 5. The van der Waals surface area contributed by atoms with Crippen molar-refractivity contribution in [3.05, 3.63) is 103 Å². The molecule has 1 aromatic carbocycles. The van der Waals surface area contributed by atoms with Gasteiger partial charge in [-0.15, -0.1) is 0 Å². The number of nitro benzene ring substituents is 1. The van der Waals surface area contributed by atoms with Gasteiger partial charge < -0.3 is 4.90 Å². The number of allylic oxidation sites excluding steroid dienone is 5. The van der Waals surface area contributed by atoms with Crippen molar-refractivity contribution in [2.45, 2.75) is 19.8 Å². The minimum Gasteiger partial charge on any atom is -0.334 e.